The Morgan fingerprint density at radius 2 is 1.26 bits per heavy atom. The van der Waals surface area contributed by atoms with Gasteiger partial charge in [0.25, 0.3) is 0 Å². The fourth-order valence-electron chi connectivity index (χ4n) is 1.32. The van der Waals surface area contributed by atoms with Crippen LogP contribution in [0.25, 0.3) is 0 Å². The fourth-order valence-corrected chi connectivity index (χ4v) is 3.96. The molecule has 0 unspecified atom stereocenters. The van der Waals surface area contributed by atoms with Gasteiger partial charge in [0.2, 0.25) is 0 Å². The van der Waals surface area contributed by atoms with Crippen LogP contribution in [-0.4, -0.2) is 57.3 Å². The average Bonchev–Trinajstić information content (AvgIpc) is 2.40. The van der Waals surface area contributed by atoms with Gasteiger partial charge in [-0.05, 0) is 33.5 Å². The summed E-state index contributed by atoms with van der Waals surface area (Å²) in [5.41, 5.74) is 10.8. The van der Waals surface area contributed by atoms with E-state index in [1.807, 2.05) is 26.9 Å². The zero-order valence-electron chi connectivity index (χ0n) is 13.3. The second-order valence-electron chi connectivity index (χ2n) is 4.28. The van der Waals surface area contributed by atoms with E-state index in [9.17, 15) is 0 Å². The van der Waals surface area contributed by atoms with Crippen molar-refractivity contribution in [3.63, 3.8) is 0 Å². The van der Waals surface area contributed by atoms with E-state index >= 15 is 0 Å². The topological polar surface area (TPSA) is 89.0 Å². The Hall–Kier alpha value is 0.194. The fraction of sp³-hybridized carbons (Fsp3) is 1.00. The number of hydrogen-bond donors (Lipinski definition) is 2. The second-order valence-corrected chi connectivity index (χ2v) is 11.1. The molecular formula is C11H32N2O4Si2. The highest BCUT2D eigenvalue weighted by molar-refractivity contribution is 6.66. The summed E-state index contributed by atoms with van der Waals surface area (Å²) in [4.78, 5) is 0. The van der Waals surface area contributed by atoms with Crippen LogP contribution in [-0.2, 0) is 17.7 Å². The molecule has 0 atom stereocenters. The van der Waals surface area contributed by atoms with Crippen LogP contribution in [0.15, 0.2) is 0 Å². The van der Waals surface area contributed by atoms with E-state index in [-0.39, 0.29) is 0 Å². The molecule has 0 amide bonds. The zero-order valence-corrected chi connectivity index (χ0v) is 15.3. The third-order valence-electron chi connectivity index (χ3n) is 2.73. The van der Waals surface area contributed by atoms with Gasteiger partial charge in [-0.3, -0.25) is 0 Å². The summed E-state index contributed by atoms with van der Waals surface area (Å²) >= 11 is 0. The lowest BCUT2D eigenvalue weighted by molar-refractivity contribution is 0.190. The Labute approximate surface area is 120 Å². The molecule has 8 heteroatoms. The Morgan fingerprint density at radius 1 is 0.842 bits per heavy atom. The van der Waals surface area contributed by atoms with Gasteiger partial charge in [0.05, 0.1) is 0 Å². The quantitative estimate of drug-likeness (QED) is 0.616. The molecule has 0 spiro atoms. The molecular weight excluding hydrogens is 280 g/mol. The molecule has 0 fully saturated rings. The molecule has 4 N–H and O–H groups in total. The van der Waals surface area contributed by atoms with Crippen molar-refractivity contribution in [3.8, 4) is 0 Å². The summed E-state index contributed by atoms with van der Waals surface area (Å²) in [6, 6.07) is 0.861. The monoisotopic (exact) mass is 312 g/mol. The molecule has 0 aromatic carbocycles. The van der Waals surface area contributed by atoms with Gasteiger partial charge in [0, 0.05) is 39.6 Å². The number of hydrogen-bond acceptors (Lipinski definition) is 6. The molecule has 118 valence electrons. The Kier molecular flexibility index (Phi) is 13.5. The van der Waals surface area contributed by atoms with E-state index in [1.165, 1.54) is 0 Å². The van der Waals surface area contributed by atoms with Crippen molar-refractivity contribution in [2.24, 2.45) is 11.5 Å². The maximum absolute atomic E-state index is 5.49. The van der Waals surface area contributed by atoms with Gasteiger partial charge >= 0.3 is 17.1 Å². The number of nitrogens with two attached hydrogens (primary N) is 2. The van der Waals surface area contributed by atoms with Crippen LogP contribution in [0.1, 0.15) is 13.8 Å². The number of rotatable bonds is 9. The van der Waals surface area contributed by atoms with E-state index in [2.05, 4.69) is 0 Å². The van der Waals surface area contributed by atoms with E-state index in [1.54, 1.807) is 14.2 Å². The first-order valence-corrected chi connectivity index (χ1v) is 11.7. The molecule has 0 aliphatic carbocycles. The zero-order chi connectivity index (χ0) is 15.4. The molecule has 0 aliphatic heterocycles. The highest BCUT2D eigenvalue weighted by atomic mass is 28.4. The molecule has 6 nitrogen and oxygen atoms in total. The van der Waals surface area contributed by atoms with Gasteiger partial charge in [-0.2, -0.15) is 0 Å². The largest absolute Gasteiger partial charge is 0.398 e. The van der Waals surface area contributed by atoms with Gasteiger partial charge in [-0.25, -0.2) is 0 Å². The van der Waals surface area contributed by atoms with Crippen LogP contribution < -0.4 is 11.5 Å². The average molecular weight is 313 g/mol. The molecule has 0 rings (SSSR count). The first kappa shape index (κ1) is 21.5. The minimum absolute atomic E-state index is 0.536. The van der Waals surface area contributed by atoms with E-state index in [0.29, 0.717) is 25.9 Å². The molecule has 19 heavy (non-hydrogen) atoms. The standard InChI is InChI=1S/C6H17NO2Si.C5H15NO2Si/c1-4-8-10(3,6-7)9-5-2;1-7-9(3,8-2)5-4-6/h4-7H2,1-3H3;4-6H2,1-3H3. The molecule has 0 saturated carbocycles. The van der Waals surface area contributed by atoms with E-state index < -0.39 is 17.1 Å². The Balaban J connectivity index is 0. The minimum Gasteiger partial charge on any atom is -0.398 e. The molecule has 0 bridgehead atoms. The van der Waals surface area contributed by atoms with E-state index in [4.69, 9.17) is 29.2 Å². The lowest BCUT2D eigenvalue weighted by atomic mass is 10.8. The third kappa shape index (κ3) is 10.6. The third-order valence-corrected chi connectivity index (χ3v) is 8.20. The van der Waals surface area contributed by atoms with Crippen molar-refractivity contribution in [2.45, 2.75) is 33.0 Å². The van der Waals surface area contributed by atoms with Crippen molar-refractivity contribution >= 4 is 17.1 Å². The molecule has 0 aromatic heterocycles. The summed E-state index contributed by atoms with van der Waals surface area (Å²) in [7, 11) is -0.424. The van der Waals surface area contributed by atoms with Crippen molar-refractivity contribution in [1.82, 2.24) is 0 Å². The summed E-state index contributed by atoms with van der Waals surface area (Å²) in [6.07, 6.45) is 0.536. The van der Waals surface area contributed by atoms with E-state index in [0.717, 1.165) is 6.04 Å². The van der Waals surface area contributed by atoms with Crippen molar-refractivity contribution in [2.75, 3.05) is 40.1 Å². The summed E-state index contributed by atoms with van der Waals surface area (Å²) in [5, 5.41) is 0. The molecule has 0 radical (unpaired) electrons. The summed E-state index contributed by atoms with van der Waals surface area (Å²) < 4.78 is 21.1. The van der Waals surface area contributed by atoms with Crippen LogP contribution in [0.3, 0.4) is 0 Å². The second kappa shape index (κ2) is 12.0. The predicted molar refractivity (Wildman–Crippen MR) is 83.4 cm³/mol. The maximum Gasteiger partial charge on any atom is 0.348 e. The Morgan fingerprint density at radius 3 is 1.42 bits per heavy atom. The predicted octanol–water partition coefficient (Wildman–Crippen LogP) is 0.939. The van der Waals surface area contributed by atoms with Gasteiger partial charge in [0.15, 0.2) is 0 Å². The smallest absolute Gasteiger partial charge is 0.348 e. The van der Waals surface area contributed by atoms with Crippen LogP contribution in [0.4, 0.5) is 0 Å². The minimum atomic E-state index is -1.95. The van der Waals surface area contributed by atoms with Crippen molar-refractivity contribution < 1.29 is 17.7 Å². The first-order chi connectivity index (χ1) is 8.86. The lowest BCUT2D eigenvalue weighted by Gasteiger charge is -2.23. The van der Waals surface area contributed by atoms with Crippen molar-refractivity contribution in [3.05, 3.63) is 0 Å². The van der Waals surface area contributed by atoms with Gasteiger partial charge in [0.1, 0.15) is 0 Å². The van der Waals surface area contributed by atoms with Crippen molar-refractivity contribution in [1.29, 1.82) is 0 Å². The molecule has 0 heterocycles. The van der Waals surface area contributed by atoms with Crippen LogP contribution in [0, 0.1) is 0 Å². The molecule has 0 aromatic rings. The van der Waals surface area contributed by atoms with Crippen LogP contribution >= 0.6 is 0 Å². The Bertz CT molecular complexity index is 201. The molecule has 0 aliphatic rings. The van der Waals surface area contributed by atoms with Crippen LogP contribution in [0.2, 0.25) is 19.1 Å². The van der Waals surface area contributed by atoms with Gasteiger partial charge in [-0.1, -0.05) is 0 Å². The lowest BCUT2D eigenvalue weighted by Crippen LogP contribution is -2.46. The highest BCUT2D eigenvalue weighted by Gasteiger charge is 2.28. The summed E-state index contributed by atoms with van der Waals surface area (Å²) in [5.74, 6) is 0. The van der Waals surface area contributed by atoms with Gasteiger partial charge < -0.3 is 29.2 Å². The maximum atomic E-state index is 5.49. The highest BCUT2D eigenvalue weighted by Crippen LogP contribution is 2.08. The van der Waals surface area contributed by atoms with Gasteiger partial charge in [-0.15, -0.1) is 0 Å². The first-order valence-electron chi connectivity index (χ1n) is 6.65. The van der Waals surface area contributed by atoms with Crippen LogP contribution in [0.5, 0.6) is 0 Å². The normalized spacial score (nSPS) is 12.0. The molecule has 0 saturated heterocycles. The SMILES string of the molecule is CCO[Si](C)(CN)OCC.CO[Si](C)(CCN)OC. The summed E-state index contributed by atoms with van der Waals surface area (Å²) in [6.45, 7) is 9.93.